The van der Waals surface area contributed by atoms with Crippen LogP contribution in [0.15, 0.2) is 41.0 Å². The van der Waals surface area contributed by atoms with Gasteiger partial charge in [0.2, 0.25) is 0 Å². The van der Waals surface area contributed by atoms with Gasteiger partial charge in [-0.3, -0.25) is 0 Å². The summed E-state index contributed by atoms with van der Waals surface area (Å²) in [4.78, 5) is 0. The van der Waals surface area contributed by atoms with E-state index in [1.54, 1.807) is 6.07 Å². The van der Waals surface area contributed by atoms with Crippen LogP contribution in [0, 0.1) is 5.82 Å². The first-order valence-electron chi connectivity index (χ1n) is 5.37. The minimum Gasteiger partial charge on any atom is -0.243 e. The third kappa shape index (κ3) is 2.19. The third-order valence-corrected chi connectivity index (χ3v) is 2.87. The number of nitrogens with zero attached hydrogens (tertiary/aromatic N) is 2. The van der Waals surface area contributed by atoms with Gasteiger partial charge in [-0.05, 0) is 58.2 Å². The maximum absolute atomic E-state index is 13.2. The third-order valence-electron chi connectivity index (χ3n) is 2.65. The Morgan fingerprint density at radius 1 is 1.00 bits per heavy atom. The van der Waals surface area contributed by atoms with Crippen molar-refractivity contribution in [2.45, 2.75) is 6.42 Å². The van der Waals surface area contributed by atoms with Crippen molar-refractivity contribution < 1.29 is 9.02 Å². The normalized spacial score (nSPS) is 11.0. The van der Waals surface area contributed by atoms with Crippen molar-refractivity contribution in [3.8, 4) is 0 Å². The van der Waals surface area contributed by atoms with Gasteiger partial charge < -0.3 is 0 Å². The van der Waals surface area contributed by atoms with Crippen molar-refractivity contribution in [2.24, 2.45) is 0 Å². The average molecular weight is 263 g/mol. The number of rotatable bonds is 2. The molecule has 0 amide bonds. The van der Waals surface area contributed by atoms with Crippen LogP contribution >= 0.6 is 11.6 Å². The maximum Gasteiger partial charge on any atom is 0.135 e. The smallest absolute Gasteiger partial charge is 0.135 e. The summed E-state index contributed by atoms with van der Waals surface area (Å²) < 4.78 is 17.8. The summed E-state index contributed by atoms with van der Waals surface area (Å²) in [6.45, 7) is 0. The Morgan fingerprint density at radius 3 is 2.67 bits per heavy atom. The molecular weight excluding hydrogens is 255 g/mol. The minimum absolute atomic E-state index is 0.332. The molecule has 18 heavy (non-hydrogen) atoms. The Bertz CT molecular complexity index is 691. The van der Waals surface area contributed by atoms with Crippen LogP contribution in [-0.2, 0) is 6.42 Å². The van der Waals surface area contributed by atoms with Crippen molar-refractivity contribution in [3.05, 3.63) is 58.4 Å². The summed E-state index contributed by atoms with van der Waals surface area (Å²) in [7, 11) is 0. The minimum atomic E-state index is -0.332. The maximum atomic E-state index is 13.2. The van der Waals surface area contributed by atoms with E-state index in [0.717, 1.165) is 11.1 Å². The molecule has 2 aromatic carbocycles. The molecule has 0 aliphatic rings. The molecule has 0 atom stereocenters. The lowest BCUT2D eigenvalue weighted by Crippen LogP contribution is -1.90. The van der Waals surface area contributed by atoms with Gasteiger partial charge in [0.1, 0.15) is 16.9 Å². The van der Waals surface area contributed by atoms with Crippen molar-refractivity contribution in [3.63, 3.8) is 0 Å². The molecule has 3 nitrogen and oxygen atoms in total. The van der Waals surface area contributed by atoms with Gasteiger partial charge in [-0.2, -0.15) is 0 Å². The van der Waals surface area contributed by atoms with E-state index >= 15 is 0 Å². The molecule has 0 radical (unpaired) electrons. The van der Waals surface area contributed by atoms with E-state index in [-0.39, 0.29) is 5.82 Å². The first-order chi connectivity index (χ1) is 8.70. The fraction of sp³-hybridized carbons (Fsp3) is 0.0769. The molecule has 0 N–H and O–H groups in total. The molecule has 3 rings (SSSR count). The molecule has 0 saturated heterocycles. The molecular formula is C13H8ClFN2O. The SMILES string of the molecule is Fc1cc(Cl)cc(Cc2ccc3nonc3c2)c1. The highest BCUT2D eigenvalue weighted by Gasteiger charge is 2.04. The van der Waals surface area contributed by atoms with Gasteiger partial charge in [-0.1, -0.05) is 17.7 Å². The summed E-state index contributed by atoms with van der Waals surface area (Å²) in [6, 6.07) is 10.1. The van der Waals surface area contributed by atoms with Crippen molar-refractivity contribution in [1.29, 1.82) is 0 Å². The molecule has 0 fully saturated rings. The first kappa shape index (κ1) is 11.2. The molecule has 0 aliphatic carbocycles. The summed E-state index contributed by atoms with van der Waals surface area (Å²) in [5.74, 6) is -0.332. The van der Waals surface area contributed by atoms with E-state index in [2.05, 4.69) is 14.9 Å². The number of hydrogen-bond acceptors (Lipinski definition) is 3. The van der Waals surface area contributed by atoms with Crippen molar-refractivity contribution in [2.75, 3.05) is 0 Å². The van der Waals surface area contributed by atoms with Gasteiger partial charge in [0.05, 0.1) is 0 Å². The average Bonchev–Trinajstić information content (AvgIpc) is 2.74. The van der Waals surface area contributed by atoms with E-state index in [9.17, 15) is 4.39 Å². The summed E-state index contributed by atoms with van der Waals surface area (Å²) >= 11 is 5.82. The zero-order chi connectivity index (χ0) is 12.5. The van der Waals surface area contributed by atoms with E-state index in [1.165, 1.54) is 12.1 Å². The van der Waals surface area contributed by atoms with Gasteiger partial charge in [0, 0.05) is 5.02 Å². The van der Waals surface area contributed by atoms with Crippen molar-refractivity contribution in [1.82, 2.24) is 10.3 Å². The Hall–Kier alpha value is -1.94. The lowest BCUT2D eigenvalue weighted by Gasteiger charge is -2.03. The molecule has 5 heteroatoms. The predicted octanol–water partition coefficient (Wildman–Crippen LogP) is 3.61. The Labute approximate surface area is 107 Å². The fourth-order valence-corrected chi connectivity index (χ4v) is 2.13. The lowest BCUT2D eigenvalue weighted by atomic mass is 10.0. The van der Waals surface area contributed by atoms with Crippen LogP contribution in [0.1, 0.15) is 11.1 Å². The quantitative estimate of drug-likeness (QED) is 0.708. The van der Waals surface area contributed by atoms with E-state index in [4.69, 9.17) is 11.6 Å². The van der Waals surface area contributed by atoms with Crippen LogP contribution in [0.3, 0.4) is 0 Å². The molecule has 0 bridgehead atoms. The standard InChI is InChI=1S/C13H8ClFN2O/c14-10-4-9(5-11(15)7-10)3-8-1-2-12-13(6-8)17-18-16-12/h1-2,4-7H,3H2. The van der Waals surface area contributed by atoms with Crippen LogP contribution in [0.5, 0.6) is 0 Å². The zero-order valence-electron chi connectivity index (χ0n) is 9.23. The topological polar surface area (TPSA) is 38.9 Å². The van der Waals surface area contributed by atoms with Gasteiger partial charge in [-0.15, -0.1) is 0 Å². The van der Waals surface area contributed by atoms with Crippen LogP contribution < -0.4 is 0 Å². The molecule has 0 aliphatic heterocycles. The number of fused-ring (bicyclic) bond motifs is 1. The molecule has 90 valence electrons. The second-order valence-electron chi connectivity index (χ2n) is 4.04. The largest absolute Gasteiger partial charge is 0.243 e. The van der Waals surface area contributed by atoms with E-state index in [1.807, 2.05) is 18.2 Å². The van der Waals surface area contributed by atoms with Crippen molar-refractivity contribution >= 4 is 22.6 Å². The summed E-state index contributed by atoms with van der Waals surface area (Å²) in [5, 5.41) is 7.90. The first-order valence-corrected chi connectivity index (χ1v) is 5.75. The predicted molar refractivity (Wildman–Crippen MR) is 66.0 cm³/mol. The van der Waals surface area contributed by atoms with Crippen LogP contribution in [0.4, 0.5) is 4.39 Å². The summed E-state index contributed by atoms with van der Waals surface area (Å²) in [5.41, 5.74) is 3.21. The number of halogens is 2. The van der Waals surface area contributed by atoms with Gasteiger partial charge >= 0.3 is 0 Å². The second-order valence-corrected chi connectivity index (χ2v) is 4.48. The molecule has 3 aromatic rings. The molecule has 0 saturated carbocycles. The number of aromatic nitrogens is 2. The molecule has 0 unspecified atom stereocenters. The molecule has 1 heterocycles. The molecule has 0 spiro atoms. The zero-order valence-corrected chi connectivity index (χ0v) is 9.99. The number of hydrogen-bond donors (Lipinski definition) is 0. The van der Waals surface area contributed by atoms with E-state index in [0.29, 0.717) is 22.5 Å². The van der Waals surface area contributed by atoms with Gasteiger partial charge in [0.15, 0.2) is 0 Å². The Kier molecular flexibility index (Phi) is 2.72. The summed E-state index contributed by atoms with van der Waals surface area (Å²) in [6.07, 6.45) is 0.584. The second kappa shape index (κ2) is 4.38. The van der Waals surface area contributed by atoms with Gasteiger partial charge in [-0.25, -0.2) is 9.02 Å². The monoisotopic (exact) mass is 262 g/mol. The Balaban J connectivity index is 1.95. The molecule has 1 aromatic heterocycles. The Morgan fingerprint density at radius 2 is 1.83 bits per heavy atom. The lowest BCUT2D eigenvalue weighted by molar-refractivity contribution is 0.315. The number of benzene rings is 2. The van der Waals surface area contributed by atoms with Gasteiger partial charge in [0.25, 0.3) is 0 Å². The van der Waals surface area contributed by atoms with Crippen LogP contribution in [0.2, 0.25) is 5.02 Å². The van der Waals surface area contributed by atoms with Crippen LogP contribution in [0.25, 0.3) is 11.0 Å². The highest BCUT2D eigenvalue weighted by Crippen LogP contribution is 2.19. The highest BCUT2D eigenvalue weighted by atomic mass is 35.5. The highest BCUT2D eigenvalue weighted by molar-refractivity contribution is 6.30. The van der Waals surface area contributed by atoms with E-state index < -0.39 is 0 Å². The van der Waals surface area contributed by atoms with Crippen LogP contribution in [-0.4, -0.2) is 10.3 Å². The fourth-order valence-electron chi connectivity index (χ4n) is 1.89.